The van der Waals surface area contributed by atoms with E-state index in [1.807, 2.05) is 0 Å². The average Bonchev–Trinajstić information content (AvgIpc) is 3.24. The molecule has 0 atom stereocenters. The summed E-state index contributed by atoms with van der Waals surface area (Å²) in [7, 11) is 0. The number of halogens is 2. The highest BCUT2D eigenvalue weighted by Gasteiger charge is 2.29. The number of rotatable bonds is 4. The summed E-state index contributed by atoms with van der Waals surface area (Å²) in [6, 6.07) is 10.3. The molecule has 166 valence electrons. The summed E-state index contributed by atoms with van der Waals surface area (Å²) < 4.78 is 10.7. The molecule has 32 heavy (non-hydrogen) atoms. The Kier molecular flexibility index (Phi) is 6.48. The lowest BCUT2D eigenvalue weighted by Gasteiger charge is -2.31. The van der Waals surface area contributed by atoms with Crippen molar-refractivity contribution in [3.8, 4) is 17.1 Å². The van der Waals surface area contributed by atoms with E-state index in [2.05, 4.69) is 10.1 Å². The molecule has 0 N–H and O–H groups in total. The van der Waals surface area contributed by atoms with Gasteiger partial charge < -0.3 is 14.2 Å². The summed E-state index contributed by atoms with van der Waals surface area (Å²) in [6.07, 6.45) is 1.37. The maximum Gasteiger partial charge on any atom is 0.308 e. The molecule has 2 heterocycles. The van der Waals surface area contributed by atoms with Crippen molar-refractivity contribution in [3.05, 3.63) is 63.5 Å². The molecular formula is C23H21Cl2N3O4. The van der Waals surface area contributed by atoms with Gasteiger partial charge in [-0.3, -0.25) is 9.59 Å². The lowest BCUT2D eigenvalue weighted by atomic mass is 9.95. The van der Waals surface area contributed by atoms with Crippen molar-refractivity contribution in [2.75, 3.05) is 13.1 Å². The average molecular weight is 474 g/mol. The SMILES string of the molecule is CC(=O)Oc1cccc(C(=O)N2CCC(c3nc(-c4c(Cl)cccc4Cl)no3)CC2)c1C. The molecule has 0 radical (unpaired) electrons. The van der Waals surface area contributed by atoms with E-state index in [4.69, 9.17) is 32.5 Å². The predicted molar refractivity (Wildman–Crippen MR) is 120 cm³/mol. The second kappa shape index (κ2) is 9.30. The lowest BCUT2D eigenvalue weighted by Crippen LogP contribution is -2.38. The Morgan fingerprint density at radius 2 is 1.75 bits per heavy atom. The smallest absolute Gasteiger partial charge is 0.308 e. The molecule has 0 spiro atoms. The van der Waals surface area contributed by atoms with Gasteiger partial charge in [-0.05, 0) is 44.0 Å². The monoisotopic (exact) mass is 473 g/mol. The van der Waals surface area contributed by atoms with Gasteiger partial charge in [-0.25, -0.2) is 0 Å². The van der Waals surface area contributed by atoms with Crippen molar-refractivity contribution >= 4 is 35.1 Å². The van der Waals surface area contributed by atoms with E-state index in [0.29, 0.717) is 70.1 Å². The van der Waals surface area contributed by atoms with E-state index in [1.54, 1.807) is 48.2 Å². The van der Waals surface area contributed by atoms with E-state index in [0.717, 1.165) is 0 Å². The molecule has 9 heteroatoms. The summed E-state index contributed by atoms with van der Waals surface area (Å²) in [5, 5.41) is 4.96. The van der Waals surface area contributed by atoms with Gasteiger partial charge in [0, 0.05) is 37.1 Å². The van der Waals surface area contributed by atoms with Gasteiger partial charge in [0.05, 0.1) is 15.6 Å². The molecule has 1 aliphatic rings. The number of hydrogen-bond donors (Lipinski definition) is 0. The minimum atomic E-state index is -0.421. The highest BCUT2D eigenvalue weighted by Crippen LogP contribution is 2.35. The van der Waals surface area contributed by atoms with Crippen LogP contribution in [-0.4, -0.2) is 40.0 Å². The number of ether oxygens (including phenoxy) is 1. The molecule has 3 aromatic rings. The van der Waals surface area contributed by atoms with E-state index < -0.39 is 5.97 Å². The van der Waals surface area contributed by atoms with E-state index in [-0.39, 0.29) is 11.8 Å². The van der Waals surface area contributed by atoms with Gasteiger partial charge >= 0.3 is 5.97 Å². The maximum absolute atomic E-state index is 13.1. The first-order valence-electron chi connectivity index (χ1n) is 10.2. The highest BCUT2D eigenvalue weighted by molar-refractivity contribution is 6.38. The van der Waals surface area contributed by atoms with Crippen LogP contribution in [0.3, 0.4) is 0 Å². The molecule has 1 aromatic heterocycles. The van der Waals surface area contributed by atoms with E-state index >= 15 is 0 Å². The molecule has 1 fully saturated rings. The lowest BCUT2D eigenvalue weighted by molar-refractivity contribution is -0.131. The van der Waals surface area contributed by atoms with Gasteiger partial charge in [0.25, 0.3) is 5.91 Å². The molecule has 2 aromatic carbocycles. The minimum Gasteiger partial charge on any atom is -0.426 e. The predicted octanol–water partition coefficient (Wildman–Crippen LogP) is 5.30. The number of esters is 1. The first-order valence-corrected chi connectivity index (χ1v) is 11.0. The number of aromatic nitrogens is 2. The third kappa shape index (κ3) is 4.49. The summed E-state index contributed by atoms with van der Waals surface area (Å²) in [6.45, 7) is 4.20. The number of nitrogens with zero attached hydrogens (tertiary/aromatic N) is 3. The summed E-state index contributed by atoms with van der Waals surface area (Å²) in [4.78, 5) is 30.7. The second-order valence-electron chi connectivity index (χ2n) is 7.64. The summed E-state index contributed by atoms with van der Waals surface area (Å²) in [5.41, 5.74) is 1.71. The number of hydrogen-bond acceptors (Lipinski definition) is 6. The van der Waals surface area contributed by atoms with Crippen LogP contribution in [0.1, 0.15) is 47.5 Å². The second-order valence-corrected chi connectivity index (χ2v) is 8.46. The highest BCUT2D eigenvalue weighted by atomic mass is 35.5. The quantitative estimate of drug-likeness (QED) is 0.377. The van der Waals surface area contributed by atoms with Crippen molar-refractivity contribution in [1.82, 2.24) is 15.0 Å². The fourth-order valence-electron chi connectivity index (χ4n) is 3.83. The fraction of sp³-hybridized carbons (Fsp3) is 0.304. The molecule has 1 amide bonds. The third-order valence-corrected chi connectivity index (χ3v) is 6.16. The van der Waals surface area contributed by atoms with Crippen molar-refractivity contribution in [2.45, 2.75) is 32.6 Å². The van der Waals surface area contributed by atoms with Crippen LogP contribution in [0.4, 0.5) is 0 Å². The Bertz CT molecular complexity index is 1150. The van der Waals surface area contributed by atoms with Crippen molar-refractivity contribution in [1.29, 1.82) is 0 Å². The molecule has 0 bridgehead atoms. The number of carbonyl (C=O) groups is 2. The number of amides is 1. The van der Waals surface area contributed by atoms with Gasteiger partial charge in [-0.15, -0.1) is 0 Å². The molecule has 4 rings (SSSR count). The van der Waals surface area contributed by atoms with E-state index in [1.165, 1.54) is 6.92 Å². The molecule has 1 aliphatic heterocycles. The largest absolute Gasteiger partial charge is 0.426 e. The number of benzene rings is 2. The third-order valence-electron chi connectivity index (χ3n) is 5.53. The standard InChI is InChI=1S/C23H21Cl2N3O4/c1-13-16(5-3-8-19(13)31-14(2)29)23(30)28-11-9-15(10-12-28)22-26-21(27-32-22)20-17(24)6-4-7-18(20)25/h3-8,15H,9-12H2,1-2H3. The fourth-order valence-corrected chi connectivity index (χ4v) is 4.39. The Hall–Kier alpha value is -2.90. The molecule has 7 nitrogen and oxygen atoms in total. The molecule has 0 aliphatic carbocycles. The zero-order valence-corrected chi connectivity index (χ0v) is 19.1. The maximum atomic E-state index is 13.1. The van der Waals surface area contributed by atoms with Crippen LogP contribution in [0.5, 0.6) is 5.75 Å². The van der Waals surface area contributed by atoms with Crippen molar-refractivity contribution in [2.24, 2.45) is 0 Å². The summed E-state index contributed by atoms with van der Waals surface area (Å²) >= 11 is 12.5. The van der Waals surface area contributed by atoms with Gasteiger partial charge in [-0.2, -0.15) is 4.98 Å². The number of likely N-dealkylation sites (tertiary alicyclic amines) is 1. The van der Waals surface area contributed by atoms with Crippen LogP contribution in [0.2, 0.25) is 10.0 Å². The Balaban J connectivity index is 1.45. The molecule has 0 unspecified atom stereocenters. The zero-order chi connectivity index (χ0) is 22.8. The van der Waals surface area contributed by atoms with Crippen molar-refractivity contribution in [3.63, 3.8) is 0 Å². The Morgan fingerprint density at radius 1 is 1.09 bits per heavy atom. The van der Waals surface area contributed by atoms with Crippen LogP contribution in [-0.2, 0) is 4.79 Å². The van der Waals surface area contributed by atoms with Crippen LogP contribution < -0.4 is 4.74 Å². The van der Waals surface area contributed by atoms with Crippen LogP contribution in [0.25, 0.3) is 11.4 Å². The molecular weight excluding hydrogens is 453 g/mol. The van der Waals surface area contributed by atoms with Crippen molar-refractivity contribution < 1.29 is 18.8 Å². The van der Waals surface area contributed by atoms with Crippen LogP contribution in [0.15, 0.2) is 40.9 Å². The minimum absolute atomic E-state index is 0.0371. The van der Waals surface area contributed by atoms with E-state index in [9.17, 15) is 9.59 Å². The first kappa shape index (κ1) is 22.3. The van der Waals surface area contributed by atoms with Gasteiger partial charge in [0.1, 0.15) is 5.75 Å². The normalized spacial score (nSPS) is 14.4. The number of carbonyl (C=O) groups excluding carboxylic acids is 2. The van der Waals surface area contributed by atoms with Gasteiger partial charge in [0.2, 0.25) is 11.7 Å². The van der Waals surface area contributed by atoms with Crippen LogP contribution >= 0.6 is 23.2 Å². The Labute approximate surface area is 195 Å². The molecule has 1 saturated heterocycles. The first-order chi connectivity index (χ1) is 15.3. The molecule has 0 saturated carbocycles. The Morgan fingerprint density at radius 3 is 2.41 bits per heavy atom. The topological polar surface area (TPSA) is 85.5 Å². The van der Waals surface area contributed by atoms with Gasteiger partial charge in [-0.1, -0.05) is 40.5 Å². The zero-order valence-electron chi connectivity index (χ0n) is 17.6. The van der Waals surface area contributed by atoms with Crippen LogP contribution in [0, 0.1) is 6.92 Å². The summed E-state index contributed by atoms with van der Waals surface area (Å²) in [5.74, 6) is 0.785. The van der Waals surface area contributed by atoms with Gasteiger partial charge in [0.15, 0.2) is 0 Å². The number of piperidine rings is 1.